The van der Waals surface area contributed by atoms with E-state index in [1.165, 1.54) is 0 Å². The maximum atomic E-state index is 12.3. The van der Waals surface area contributed by atoms with Gasteiger partial charge in [0.05, 0.1) is 0 Å². The molecule has 0 aliphatic heterocycles. The van der Waals surface area contributed by atoms with Gasteiger partial charge in [0, 0.05) is 24.0 Å². The molecule has 2 aromatic heterocycles. The monoisotopic (exact) mass is 314 g/mol. The molecule has 0 aromatic carbocycles. The maximum absolute atomic E-state index is 12.3. The van der Waals surface area contributed by atoms with Gasteiger partial charge in [0.15, 0.2) is 0 Å². The number of pyridine rings is 1. The molecule has 2 atom stereocenters. The van der Waals surface area contributed by atoms with Crippen LogP contribution in [-0.2, 0) is 4.74 Å². The Balaban J connectivity index is 1.68. The molecule has 0 spiro atoms. The normalized spacial score (nSPS) is 23.4. The number of hydrogen-bond acceptors (Lipinski definition) is 5. The Bertz CT molecular complexity index is 679. The van der Waals surface area contributed by atoms with Crippen molar-refractivity contribution in [3.63, 3.8) is 0 Å². The molecule has 0 N–H and O–H groups in total. The van der Waals surface area contributed by atoms with Crippen LogP contribution in [0.3, 0.4) is 0 Å². The van der Waals surface area contributed by atoms with E-state index in [1.807, 2.05) is 12.1 Å². The molecule has 1 saturated carbocycles. The summed E-state index contributed by atoms with van der Waals surface area (Å²) in [4.78, 5) is 16.3. The van der Waals surface area contributed by atoms with Crippen LogP contribution in [0.2, 0.25) is 0 Å². The molecule has 1 aliphatic rings. The fourth-order valence-corrected chi connectivity index (χ4v) is 3.59. The average Bonchev–Trinajstić information content (AvgIpc) is 2.96. The fraction of sp³-hybridized carbons (Fsp3) is 0.500. The third kappa shape index (κ3) is 3.78. The van der Waals surface area contributed by atoms with Crippen molar-refractivity contribution >= 4 is 5.97 Å². The Morgan fingerprint density at radius 3 is 2.74 bits per heavy atom. The first-order chi connectivity index (χ1) is 10.9. The Morgan fingerprint density at radius 1 is 1.30 bits per heavy atom. The lowest BCUT2D eigenvalue weighted by atomic mass is 9.71. The van der Waals surface area contributed by atoms with Gasteiger partial charge in [0.25, 0.3) is 0 Å². The van der Waals surface area contributed by atoms with Gasteiger partial charge in [-0.3, -0.25) is 4.98 Å². The van der Waals surface area contributed by atoms with E-state index in [0.29, 0.717) is 11.6 Å². The van der Waals surface area contributed by atoms with Crippen molar-refractivity contribution in [3.8, 4) is 11.3 Å². The zero-order chi connectivity index (χ0) is 16.4. The van der Waals surface area contributed by atoms with Crippen molar-refractivity contribution in [1.29, 1.82) is 0 Å². The van der Waals surface area contributed by atoms with Crippen LogP contribution < -0.4 is 0 Å². The molecule has 0 radical (unpaired) electrons. The Morgan fingerprint density at radius 2 is 2.04 bits per heavy atom. The molecule has 0 saturated heterocycles. The van der Waals surface area contributed by atoms with E-state index in [2.05, 4.69) is 30.9 Å². The minimum Gasteiger partial charge on any atom is -0.456 e. The highest BCUT2D eigenvalue weighted by Crippen LogP contribution is 2.39. The van der Waals surface area contributed by atoms with Gasteiger partial charge >= 0.3 is 5.97 Å². The summed E-state index contributed by atoms with van der Waals surface area (Å²) >= 11 is 0. The van der Waals surface area contributed by atoms with Gasteiger partial charge in [-0.25, -0.2) is 4.79 Å². The van der Waals surface area contributed by atoms with Gasteiger partial charge in [-0.05, 0) is 42.7 Å². The van der Waals surface area contributed by atoms with E-state index in [9.17, 15) is 4.79 Å². The van der Waals surface area contributed by atoms with E-state index >= 15 is 0 Å². The van der Waals surface area contributed by atoms with Crippen molar-refractivity contribution in [3.05, 3.63) is 36.4 Å². The quantitative estimate of drug-likeness (QED) is 0.798. The first-order valence-corrected chi connectivity index (χ1v) is 8.01. The number of carbonyl (C=O) groups is 1. The van der Waals surface area contributed by atoms with Crippen molar-refractivity contribution < 1.29 is 14.1 Å². The second-order valence-electron chi connectivity index (χ2n) is 7.25. The predicted molar refractivity (Wildman–Crippen MR) is 85.7 cm³/mol. The zero-order valence-electron chi connectivity index (χ0n) is 13.8. The Kier molecular flexibility index (Phi) is 4.20. The van der Waals surface area contributed by atoms with Crippen LogP contribution in [0.15, 0.2) is 35.1 Å². The van der Waals surface area contributed by atoms with Crippen molar-refractivity contribution in [1.82, 2.24) is 10.1 Å². The minimum atomic E-state index is -0.437. The SMILES string of the molecule is C[C@@H]1C[C@@H](OC(=O)c2cc(-c3ccncc3)no2)CC(C)(C)C1. The second-order valence-corrected chi connectivity index (χ2v) is 7.25. The number of ether oxygens (including phenoxy) is 1. The number of aromatic nitrogens is 2. The lowest BCUT2D eigenvalue weighted by Gasteiger charge is -2.38. The zero-order valence-corrected chi connectivity index (χ0v) is 13.8. The molecule has 5 nitrogen and oxygen atoms in total. The fourth-order valence-electron chi connectivity index (χ4n) is 3.59. The molecule has 2 heterocycles. The van der Waals surface area contributed by atoms with Crippen LogP contribution >= 0.6 is 0 Å². The molecule has 0 unspecified atom stereocenters. The average molecular weight is 314 g/mol. The summed E-state index contributed by atoms with van der Waals surface area (Å²) in [5.74, 6) is 0.263. The Hall–Kier alpha value is -2.17. The van der Waals surface area contributed by atoms with Gasteiger partial charge in [-0.1, -0.05) is 25.9 Å². The summed E-state index contributed by atoms with van der Waals surface area (Å²) in [5, 5.41) is 3.94. The second kappa shape index (κ2) is 6.14. The summed E-state index contributed by atoms with van der Waals surface area (Å²) in [5.41, 5.74) is 1.67. The summed E-state index contributed by atoms with van der Waals surface area (Å²) in [6.07, 6.45) is 6.24. The van der Waals surface area contributed by atoms with E-state index in [4.69, 9.17) is 9.26 Å². The number of nitrogens with zero attached hydrogens (tertiary/aromatic N) is 2. The molecular weight excluding hydrogens is 292 g/mol. The topological polar surface area (TPSA) is 65.2 Å². The molecule has 122 valence electrons. The first kappa shape index (κ1) is 15.7. The number of hydrogen-bond donors (Lipinski definition) is 0. The summed E-state index contributed by atoms with van der Waals surface area (Å²) in [7, 11) is 0. The molecule has 1 aliphatic carbocycles. The highest BCUT2D eigenvalue weighted by Gasteiger charge is 2.34. The number of esters is 1. The van der Waals surface area contributed by atoms with Gasteiger partial charge < -0.3 is 9.26 Å². The molecular formula is C18H22N2O3. The third-order valence-electron chi connectivity index (χ3n) is 4.31. The van der Waals surface area contributed by atoms with Crippen LogP contribution in [0.25, 0.3) is 11.3 Å². The van der Waals surface area contributed by atoms with E-state index in [1.54, 1.807) is 18.5 Å². The van der Waals surface area contributed by atoms with Crippen LogP contribution in [-0.4, -0.2) is 22.2 Å². The molecule has 0 bridgehead atoms. The Labute approximate surface area is 136 Å². The first-order valence-electron chi connectivity index (χ1n) is 8.01. The van der Waals surface area contributed by atoms with E-state index in [0.717, 1.165) is 24.8 Å². The van der Waals surface area contributed by atoms with Crippen LogP contribution in [0.4, 0.5) is 0 Å². The molecule has 23 heavy (non-hydrogen) atoms. The summed E-state index contributed by atoms with van der Waals surface area (Å²) in [6, 6.07) is 5.26. The van der Waals surface area contributed by atoms with Gasteiger partial charge in [0.1, 0.15) is 11.8 Å². The van der Waals surface area contributed by atoms with Crippen LogP contribution in [0.1, 0.15) is 50.6 Å². The van der Waals surface area contributed by atoms with Gasteiger partial charge in [0.2, 0.25) is 5.76 Å². The highest BCUT2D eigenvalue weighted by molar-refractivity contribution is 5.87. The predicted octanol–water partition coefficient (Wildman–Crippen LogP) is 4.11. The molecule has 2 aromatic rings. The van der Waals surface area contributed by atoms with Crippen LogP contribution in [0, 0.1) is 11.3 Å². The minimum absolute atomic E-state index is 0.0595. The highest BCUT2D eigenvalue weighted by atomic mass is 16.6. The lowest BCUT2D eigenvalue weighted by molar-refractivity contribution is -0.0103. The maximum Gasteiger partial charge on any atom is 0.377 e. The molecule has 0 amide bonds. The molecule has 5 heteroatoms. The van der Waals surface area contributed by atoms with Gasteiger partial charge in [-0.15, -0.1) is 0 Å². The standard InChI is InChI=1S/C18H22N2O3/c1-12-8-14(11-18(2,3)10-12)22-17(21)16-9-15(20-23-16)13-4-6-19-7-5-13/h4-7,9,12,14H,8,10-11H2,1-3H3/t12-,14-/m1/s1. The van der Waals surface area contributed by atoms with E-state index in [-0.39, 0.29) is 17.3 Å². The smallest absolute Gasteiger partial charge is 0.377 e. The summed E-state index contributed by atoms with van der Waals surface area (Å²) < 4.78 is 10.8. The number of carbonyl (C=O) groups excluding carboxylic acids is 1. The number of rotatable bonds is 3. The summed E-state index contributed by atoms with van der Waals surface area (Å²) in [6.45, 7) is 6.65. The largest absolute Gasteiger partial charge is 0.456 e. The molecule has 3 rings (SSSR count). The van der Waals surface area contributed by atoms with Crippen LogP contribution in [0.5, 0.6) is 0 Å². The van der Waals surface area contributed by atoms with Crippen molar-refractivity contribution in [2.75, 3.05) is 0 Å². The van der Waals surface area contributed by atoms with Crippen molar-refractivity contribution in [2.45, 2.75) is 46.1 Å². The van der Waals surface area contributed by atoms with E-state index < -0.39 is 5.97 Å². The lowest BCUT2D eigenvalue weighted by Crippen LogP contribution is -2.33. The molecule has 1 fully saturated rings. The van der Waals surface area contributed by atoms with Gasteiger partial charge in [-0.2, -0.15) is 0 Å². The van der Waals surface area contributed by atoms with Crippen molar-refractivity contribution in [2.24, 2.45) is 11.3 Å². The third-order valence-corrected chi connectivity index (χ3v) is 4.31.